The van der Waals surface area contributed by atoms with E-state index in [1.807, 2.05) is 0 Å². The van der Waals surface area contributed by atoms with Crippen molar-refractivity contribution in [1.82, 2.24) is 9.97 Å². The quantitative estimate of drug-likeness (QED) is 0.356. The minimum absolute atomic E-state index is 0.00865. The van der Waals surface area contributed by atoms with E-state index in [1.165, 1.54) is 18.4 Å². The van der Waals surface area contributed by atoms with Gasteiger partial charge in [-0.05, 0) is 31.2 Å². The third kappa shape index (κ3) is 4.29. The van der Waals surface area contributed by atoms with E-state index in [-0.39, 0.29) is 28.2 Å². The van der Waals surface area contributed by atoms with Crippen LogP contribution < -0.4 is 10.5 Å². The maximum absolute atomic E-state index is 13.2. The highest BCUT2D eigenvalue weighted by Gasteiger charge is 2.32. The molecule has 1 aromatic carbocycles. The van der Waals surface area contributed by atoms with Crippen molar-refractivity contribution in [3.8, 4) is 5.75 Å². The Kier molecular flexibility index (Phi) is 5.92. The summed E-state index contributed by atoms with van der Waals surface area (Å²) in [5.74, 6) is 0.281. The van der Waals surface area contributed by atoms with Crippen LogP contribution in [0.4, 0.5) is 13.2 Å². The Bertz CT molecular complexity index is 1030. The highest BCUT2D eigenvalue weighted by Crippen LogP contribution is 2.38. The molecule has 0 saturated carbocycles. The fourth-order valence-electron chi connectivity index (χ4n) is 2.55. The van der Waals surface area contributed by atoms with Crippen molar-refractivity contribution in [2.24, 2.45) is 5.73 Å². The van der Waals surface area contributed by atoms with Gasteiger partial charge in [-0.1, -0.05) is 11.8 Å². The van der Waals surface area contributed by atoms with Gasteiger partial charge in [-0.2, -0.15) is 13.2 Å². The van der Waals surface area contributed by atoms with Gasteiger partial charge in [-0.3, -0.25) is 4.79 Å². The number of alkyl halides is 3. The van der Waals surface area contributed by atoms with Gasteiger partial charge in [0.2, 0.25) is 0 Å². The van der Waals surface area contributed by atoms with Crippen molar-refractivity contribution in [2.75, 3.05) is 12.9 Å². The third-order valence-electron chi connectivity index (χ3n) is 3.87. The zero-order valence-corrected chi connectivity index (χ0v) is 16.6. The molecule has 0 bridgehead atoms. The molecule has 2 N–H and O–H groups in total. The minimum Gasteiger partial charge on any atom is -0.494 e. The molecule has 148 valence electrons. The van der Waals surface area contributed by atoms with Gasteiger partial charge in [0, 0.05) is 16.8 Å². The number of hydrogen-bond donors (Lipinski definition) is 1. The van der Waals surface area contributed by atoms with E-state index >= 15 is 0 Å². The van der Waals surface area contributed by atoms with Gasteiger partial charge < -0.3 is 10.5 Å². The minimum atomic E-state index is -4.54. The predicted octanol–water partition coefficient (Wildman–Crippen LogP) is 4.46. The number of benzene rings is 1. The number of ketones is 1. The number of fused-ring (bicyclic) bond motifs is 1. The predicted molar refractivity (Wildman–Crippen MR) is 103 cm³/mol. The number of aromatic nitrogens is 2. The van der Waals surface area contributed by atoms with Gasteiger partial charge in [0.15, 0.2) is 5.78 Å². The first-order chi connectivity index (χ1) is 13.2. The molecule has 0 unspecified atom stereocenters. The molecule has 0 atom stereocenters. The first kappa shape index (κ1) is 20.6. The van der Waals surface area contributed by atoms with Crippen molar-refractivity contribution in [1.29, 1.82) is 0 Å². The summed E-state index contributed by atoms with van der Waals surface area (Å²) in [6, 6.07) is 5.38. The Morgan fingerprint density at radius 3 is 2.64 bits per heavy atom. The molecule has 0 aliphatic carbocycles. The van der Waals surface area contributed by atoms with Crippen LogP contribution in [0.25, 0.3) is 10.9 Å². The van der Waals surface area contributed by atoms with Gasteiger partial charge in [-0.15, -0.1) is 11.3 Å². The largest absolute Gasteiger partial charge is 0.494 e. The van der Waals surface area contributed by atoms with Crippen LogP contribution in [0.1, 0.15) is 25.9 Å². The number of ether oxygens (including phenoxy) is 1. The molecule has 28 heavy (non-hydrogen) atoms. The van der Waals surface area contributed by atoms with Crippen molar-refractivity contribution in [3.05, 3.63) is 45.4 Å². The maximum atomic E-state index is 13.2. The van der Waals surface area contributed by atoms with Crippen LogP contribution in [0, 0.1) is 6.92 Å². The molecule has 5 nitrogen and oxygen atoms in total. The van der Waals surface area contributed by atoms with Gasteiger partial charge in [0.25, 0.3) is 0 Å². The summed E-state index contributed by atoms with van der Waals surface area (Å²) in [4.78, 5) is 22.3. The summed E-state index contributed by atoms with van der Waals surface area (Å²) >= 11 is 2.38. The number of thiophene rings is 1. The summed E-state index contributed by atoms with van der Waals surface area (Å²) in [6.07, 6.45) is -4.54. The summed E-state index contributed by atoms with van der Waals surface area (Å²) in [7, 11) is 1.29. The van der Waals surface area contributed by atoms with Crippen molar-refractivity contribution in [2.45, 2.75) is 24.7 Å². The van der Waals surface area contributed by atoms with Crippen molar-refractivity contribution < 1.29 is 22.7 Å². The number of methoxy groups -OCH3 is 1. The Balaban J connectivity index is 1.98. The highest BCUT2D eigenvalue weighted by atomic mass is 32.2. The number of nitrogens with two attached hydrogens (primary N) is 1. The average Bonchev–Trinajstić information content (AvgIpc) is 3.13. The summed E-state index contributed by atoms with van der Waals surface area (Å²) in [5, 5.41) is 0.500. The van der Waals surface area contributed by atoms with Gasteiger partial charge in [-0.25, -0.2) is 9.97 Å². The molecule has 2 aromatic heterocycles. The lowest BCUT2D eigenvalue weighted by molar-refractivity contribution is -0.137. The number of hydrogen-bond acceptors (Lipinski definition) is 7. The van der Waals surface area contributed by atoms with E-state index in [0.29, 0.717) is 22.3 Å². The van der Waals surface area contributed by atoms with E-state index in [2.05, 4.69) is 9.97 Å². The Morgan fingerprint density at radius 2 is 2.04 bits per heavy atom. The fraction of sp³-hybridized carbons (Fsp3) is 0.278. The van der Waals surface area contributed by atoms with Crippen LogP contribution >= 0.6 is 23.1 Å². The van der Waals surface area contributed by atoms with E-state index in [4.69, 9.17) is 10.5 Å². The molecule has 3 rings (SSSR count). The van der Waals surface area contributed by atoms with Gasteiger partial charge in [0.1, 0.15) is 22.1 Å². The second kappa shape index (κ2) is 8.06. The molecule has 3 aromatic rings. The van der Waals surface area contributed by atoms with E-state index in [0.717, 1.165) is 28.8 Å². The molecular formula is C18H16F3N3O2S2. The zero-order chi connectivity index (χ0) is 20.5. The van der Waals surface area contributed by atoms with E-state index < -0.39 is 11.7 Å². The molecule has 10 heteroatoms. The molecule has 0 amide bonds. The molecule has 2 heterocycles. The van der Waals surface area contributed by atoms with Crippen LogP contribution in [0.15, 0.2) is 29.3 Å². The first-order valence-corrected chi connectivity index (χ1v) is 9.91. The molecule has 0 radical (unpaired) electrons. The molecule has 0 aliphatic heterocycles. The van der Waals surface area contributed by atoms with Crippen LogP contribution in [0.3, 0.4) is 0 Å². The van der Waals surface area contributed by atoms with Gasteiger partial charge >= 0.3 is 6.18 Å². The highest BCUT2D eigenvalue weighted by molar-refractivity contribution is 8.00. The summed E-state index contributed by atoms with van der Waals surface area (Å²) < 4.78 is 44.9. The number of halogens is 3. The number of nitrogens with zero attached hydrogens (tertiary/aromatic N) is 2. The summed E-state index contributed by atoms with van der Waals surface area (Å²) in [6.45, 7) is 1.98. The zero-order valence-electron chi connectivity index (χ0n) is 15.0. The number of thioether (sulfide) groups is 1. The summed E-state index contributed by atoms with van der Waals surface area (Å²) in [5.41, 5.74) is 4.98. The second-order valence-electron chi connectivity index (χ2n) is 5.83. The average molecular weight is 427 g/mol. The second-order valence-corrected chi connectivity index (χ2v) is 7.96. The Labute approximate surface area is 167 Å². The number of aryl methyl sites for hydroxylation is 1. The van der Waals surface area contributed by atoms with E-state index in [9.17, 15) is 18.0 Å². The smallest absolute Gasteiger partial charge is 0.416 e. The molecule has 0 spiro atoms. The SMILES string of the molecule is COc1cc(C(F)(F)F)cc2c(SCC(=O)c3ccc(CN)s3)nc(C)nc12. The first-order valence-electron chi connectivity index (χ1n) is 8.11. The van der Waals surface area contributed by atoms with Crippen LogP contribution in [-0.4, -0.2) is 28.6 Å². The molecular weight excluding hydrogens is 411 g/mol. The lowest BCUT2D eigenvalue weighted by Crippen LogP contribution is -2.07. The third-order valence-corrected chi connectivity index (χ3v) is 6.01. The normalized spacial score (nSPS) is 11.8. The number of carbonyl (C=O) groups excluding carboxylic acids is 1. The molecule has 0 aliphatic rings. The van der Waals surface area contributed by atoms with Crippen LogP contribution in [-0.2, 0) is 12.7 Å². The lowest BCUT2D eigenvalue weighted by atomic mass is 10.1. The fourth-order valence-corrected chi connectivity index (χ4v) is 4.40. The van der Waals surface area contributed by atoms with Crippen molar-refractivity contribution >= 4 is 39.8 Å². The van der Waals surface area contributed by atoms with Gasteiger partial charge in [0.05, 0.1) is 23.3 Å². The topological polar surface area (TPSA) is 78.1 Å². The molecule has 0 fully saturated rings. The van der Waals surface area contributed by atoms with Crippen LogP contribution in [0.5, 0.6) is 5.75 Å². The lowest BCUT2D eigenvalue weighted by Gasteiger charge is -2.13. The number of rotatable bonds is 6. The maximum Gasteiger partial charge on any atom is 0.416 e. The van der Waals surface area contributed by atoms with Crippen LogP contribution in [0.2, 0.25) is 0 Å². The Morgan fingerprint density at radius 1 is 1.29 bits per heavy atom. The van der Waals surface area contributed by atoms with E-state index in [1.54, 1.807) is 19.1 Å². The molecule has 0 saturated heterocycles. The monoisotopic (exact) mass is 427 g/mol. The standard InChI is InChI=1S/C18H16F3N3O2S2/c1-9-23-16-12(5-10(18(19,20)21)6-14(16)26-2)17(24-9)27-8-13(25)15-4-3-11(7-22)28-15/h3-6H,7-8,22H2,1-2H3. The Hall–Kier alpha value is -2.17. The number of Topliss-reactive ketones (excluding diaryl/α,β-unsaturated/α-hetero) is 1. The number of carbonyl (C=O) groups is 1. The van der Waals surface area contributed by atoms with Crippen molar-refractivity contribution in [3.63, 3.8) is 0 Å².